The molecule has 2 heterocycles. The molecule has 4 N–H and O–H groups in total. The topological polar surface area (TPSA) is 110 Å². The number of pyridine rings is 1. The minimum absolute atomic E-state index is 0.200. The average Bonchev–Trinajstić information content (AvgIpc) is 3.09. The molecule has 4 rings (SSSR count). The van der Waals surface area contributed by atoms with Crippen LogP contribution in [0.3, 0.4) is 0 Å². The molecular weight excluding hydrogens is 374 g/mol. The quantitative estimate of drug-likeness (QED) is 0.453. The average molecular weight is 391 g/mol. The predicted octanol–water partition coefficient (Wildman–Crippen LogP) is 2.59. The van der Waals surface area contributed by atoms with E-state index in [-0.39, 0.29) is 11.8 Å². The van der Waals surface area contributed by atoms with Crippen LogP contribution >= 0.6 is 11.3 Å². The van der Waals surface area contributed by atoms with Gasteiger partial charge in [-0.25, -0.2) is 4.98 Å². The van der Waals surface area contributed by atoms with Gasteiger partial charge in [-0.05, 0) is 30.3 Å². The first-order valence-corrected chi connectivity index (χ1v) is 9.50. The fraction of sp³-hybridized carbons (Fsp3) is 0.100. The number of anilines is 1. The molecule has 28 heavy (non-hydrogen) atoms. The number of benzene rings is 2. The zero-order valence-corrected chi connectivity index (χ0v) is 15.6. The summed E-state index contributed by atoms with van der Waals surface area (Å²) in [5, 5.41) is 6.89. The Morgan fingerprint density at radius 3 is 2.61 bits per heavy atom. The maximum absolute atomic E-state index is 12.5. The number of carbonyl (C=O) groups is 2. The highest BCUT2D eigenvalue weighted by Crippen LogP contribution is 2.24. The molecule has 0 saturated carbocycles. The third-order valence-corrected chi connectivity index (χ3v) is 5.10. The molecule has 2 aromatic heterocycles. The van der Waals surface area contributed by atoms with E-state index in [0.717, 1.165) is 21.1 Å². The van der Waals surface area contributed by atoms with Gasteiger partial charge >= 0.3 is 0 Å². The molecule has 7 nitrogen and oxygen atoms in total. The summed E-state index contributed by atoms with van der Waals surface area (Å²) in [5.74, 6) is -0.410. The molecule has 4 aromatic rings. The van der Waals surface area contributed by atoms with Gasteiger partial charge in [0.2, 0.25) is 0 Å². The first-order chi connectivity index (χ1) is 13.6. The van der Waals surface area contributed by atoms with Crippen molar-refractivity contribution < 1.29 is 9.59 Å². The molecule has 140 valence electrons. The van der Waals surface area contributed by atoms with Crippen LogP contribution in [0.5, 0.6) is 0 Å². The first kappa shape index (κ1) is 17.9. The minimum Gasteiger partial charge on any atom is -0.375 e. The van der Waals surface area contributed by atoms with Crippen LogP contribution < -0.4 is 16.4 Å². The Kier molecular flexibility index (Phi) is 4.86. The molecule has 8 heteroatoms. The largest absolute Gasteiger partial charge is 0.375 e. The van der Waals surface area contributed by atoms with E-state index in [4.69, 9.17) is 5.73 Å². The standard InChI is InChI=1S/C20H17N5O2S/c21-20-25-16-6-5-12(11-17(16)28-20)18(26)23-9-10-24-19(27)14-7-8-22-15-4-2-1-3-13(14)15/h1-8,11H,9-10H2,(H2,21,25)(H,23,26)(H,24,27). The van der Waals surface area contributed by atoms with Gasteiger partial charge in [0.25, 0.3) is 11.8 Å². The van der Waals surface area contributed by atoms with Gasteiger partial charge in [0.05, 0.1) is 21.3 Å². The molecule has 0 aliphatic carbocycles. The second kappa shape index (κ2) is 7.61. The molecule has 2 aromatic carbocycles. The minimum atomic E-state index is -0.211. The van der Waals surface area contributed by atoms with Crippen molar-refractivity contribution in [1.29, 1.82) is 0 Å². The van der Waals surface area contributed by atoms with Gasteiger partial charge in [0.1, 0.15) is 0 Å². The Labute approximate surface area is 164 Å². The van der Waals surface area contributed by atoms with Crippen LogP contribution in [0.25, 0.3) is 21.1 Å². The summed E-state index contributed by atoms with van der Waals surface area (Å²) in [6.07, 6.45) is 1.61. The number of carbonyl (C=O) groups excluding carboxylic acids is 2. The predicted molar refractivity (Wildman–Crippen MR) is 110 cm³/mol. The number of nitrogens with zero attached hydrogens (tertiary/aromatic N) is 2. The zero-order chi connectivity index (χ0) is 19.5. The van der Waals surface area contributed by atoms with Crippen LogP contribution in [0.1, 0.15) is 20.7 Å². The molecule has 0 saturated heterocycles. The Morgan fingerprint density at radius 2 is 1.75 bits per heavy atom. The van der Waals surface area contributed by atoms with E-state index < -0.39 is 0 Å². The van der Waals surface area contributed by atoms with E-state index in [9.17, 15) is 9.59 Å². The highest BCUT2D eigenvalue weighted by Gasteiger charge is 2.11. The number of hydrogen-bond acceptors (Lipinski definition) is 6. The lowest BCUT2D eigenvalue weighted by Gasteiger charge is -2.09. The molecular formula is C20H17N5O2S. The Bertz CT molecular complexity index is 1180. The summed E-state index contributed by atoms with van der Waals surface area (Å²) < 4.78 is 0.864. The number of amides is 2. The summed E-state index contributed by atoms with van der Waals surface area (Å²) in [5.41, 5.74) is 8.32. The van der Waals surface area contributed by atoms with Crippen molar-refractivity contribution in [3.8, 4) is 0 Å². The van der Waals surface area contributed by atoms with Gasteiger partial charge in [-0.2, -0.15) is 0 Å². The SMILES string of the molecule is Nc1nc2ccc(C(=O)NCCNC(=O)c3ccnc4ccccc34)cc2s1. The van der Waals surface area contributed by atoms with Crippen LogP contribution in [-0.2, 0) is 0 Å². The number of rotatable bonds is 5. The lowest BCUT2D eigenvalue weighted by atomic mass is 10.1. The van der Waals surface area contributed by atoms with Crippen LogP contribution in [0, 0.1) is 0 Å². The van der Waals surface area contributed by atoms with Crippen LogP contribution in [-0.4, -0.2) is 34.9 Å². The Balaban J connectivity index is 1.34. The highest BCUT2D eigenvalue weighted by atomic mass is 32.1. The van der Waals surface area contributed by atoms with E-state index in [0.29, 0.717) is 29.3 Å². The van der Waals surface area contributed by atoms with Gasteiger partial charge in [-0.1, -0.05) is 29.5 Å². The summed E-state index contributed by atoms with van der Waals surface area (Å²) in [6.45, 7) is 0.632. The molecule has 2 amide bonds. The number of nitrogen functional groups attached to an aromatic ring is 1. The fourth-order valence-electron chi connectivity index (χ4n) is 2.93. The molecule has 0 atom stereocenters. The van der Waals surface area contributed by atoms with Gasteiger partial charge in [0.15, 0.2) is 5.13 Å². The van der Waals surface area contributed by atoms with E-state index >= 15 is 0 Å². The van der Waals surface area contributed by atoms with Crippen LogP contribution in [0.4, 0.5) is 5.13 Å². The molecule has 0 unspecified atom stereocenters. The maximum Gasteiger partial charge on any atom is 0.252 e. The number of hydrogen-bond donors (Lipinski definition) is 3. The van der Waals surface area contributed by atoms with Gasteiger partial charge in [-0.3, -0.25) is 14.6 Å². The number of nitrogens with two attached hydrogens (primary N) is 1. The van der Waals surface area contributed by atoms with E-state index in [2.05, 4.69) is 20.6 Å². The normalized spacial score (nSPS) is 10.9. The second-order valence-electron chi connectivity index (χ2n) is 6.12. The number of para-hydroxylation sites is 1. The van der Waals surface area contributed by atoms with Crippen molar-refractivity contribution in [3.63, 3.8) is 0 Å². The van der Waals surface area contributed by atoms with Crippen LogP contribution in [0.2, 0.25) is 0 Å². The van der Waals surface area contributed by atoms with E-state index in [1.807, 2.05) is 24.3 Å². The third kappa shape index (κ3) is 3.63. The summed E-state index contributed by atoms with van der Waals surface area (Å²) in [7, 11) is 0. The summed E-state index contributed by atoms with van der Waals surface area (Å²) in [4.78, 5) is 33.2. The van der Waals surface area contributed by atoms with Gasteiger partial charge in [0, 0.05) is 30.2 Å². The first-order valence-electron chi connectivity index (χ1n) is 8.68. The Hall–Kier alpha value is -3.52. The highest BCUT2D eigenvalue weighted by molar-refractivity contribution is 7.22. The molecule has 0 aliphatic rings. The second-order valence-corrected chi connectivity index (χ2v) is 7.18. The summed E-state index contributed by atoms with van der Waals surface area (Å²) >= 11 is 1.34. The lowest BCUT2D eigenvalue weighted by Crippen LogP contribution is -2.34. The summed E-state index contributed by atoms with van der Waals surface area (Å²) in [6, 6.07) is 14.4. The van der Waals surface area contributed by atoms with Crippen molar-refractivity contribution in [2.45, 2.75) is 0 Å². The van der Waals surface area contributed by atoms with Crippen molar-refractivity contribution in [2.75, 3.05) is 18.8 Å². The molecule has 0 spiro atoms. The monoisotopic (exact) mass is 391 g/mol. The van der Waals surface area contributed by atoms with Crippen molar-refractivity contribution in [1.82, 2.24) is 20.6 Å². The number of aromatic nitrogens is 2. The van der Waals surface area contributed by atoms with Gasteiger partial charge < -0.3 is 16.4 Å². The molecule has 0 bridgehead atoms. The van der Waals surface area contributed by atoms with Crippen molar-refractivity contribution in [2.24, 2.45) is 0 Å². The van der Waals surface area contributed by atoms with Gasteiger partial charge in [-0.15, -0.1) is 0 Å². The molecule has 0 fully saturated rings. The molecule has 0 radical (unpaired) electrons. The zero-order valence-electron chi connectivity index (χ0n) is 14.8. The number of nitrogens with one attached hydrogen (secondary N) is 2. The third-order valence-electron chi connectivity index (χ3n) is 4.26. The fourth-order valence-corrected chi connectivity index (χ4v) is 3.70. The van der Waals surface area contributed by atoms with Crippen LogP contribution in [0.15, 0.2) is 54.7 Å². The van der Waals surface area contributed by atoms with Crippen molar-refractivity contribution in [3.05, 3.63) is 65.9 Å². The van der Waals surface area contributed by atoms with Crippen molar-refractivity contribution >= 4 is 49.4 Å². The maximum atomic E-state index is 12.5. The number of fused-ring (bicyclic) bond motifs is 2. The lowest BCUT2D eigenvalue weighted by molar-refractivity contribution is 0.0928. The van der Waals surface area contributed by atoms with E-state index in [1.165, 1.54) is 11.3 Å². The number of thiazole rings is 1. The smallest absolute Gasteiger partial charge is 0.252 e. The molecule has 0 aliphatic heterocycles. The Morgan fingerprint density at radius 1 is 0.964 bits per heavy atom. The van der Waals surface area contributed by atoms with E-state index in [1.54, 1.807) is 30.5 Å².